The van der Waals surface area contributed by atoms with Gasteiger partial charge in [-0.2, -0.15) is 0 Å². The predicted molar refractivity (Wildman–Crippen MR) is 220 cm³/mol. The zero-order valence-electron chi connectivity index (χ0n) is 29.2. The van der Waals surface area contributed by atoms with E-state index >= 15 is 0 Å². The van der Waals surface area contributed by atoms with Gasteiger partial charge in [0, 0.05) is 34.2 Å². The van der Waals surface area contributed by atoms with Crippen LogP contribution >= 0.6 is 0 Å². The summed E-state index contributed by atoms with van der Waals surface area (Å²) in [7, 11) is 0. The molecule has 11 rings (SSSR count). The molecule has 0 saturated carbocycles. The summed E-state index contributed by atoms with van der Waals surface area (Å²) in [5.74, 6) is 0.709. The van der Waals surface area contributed by atoms with Crippen LogP contribution in [0.1, 0.15) is 22.6 Å². The van der Waals surface area contributed by atoms with Gasteiger partial charge in [0.15, 0.2) is 5.58 Å². The van der Waals surface area contributed by atoms with Gasteiger partial charge in [0.25, 0.3) is 0 Å². The second kappa shape index (κ2) is 12.2. The van der Waals surface area contributed by atoms with Crippen molar-refractivity contribution in [2.75, 3.05) is 4.90 Å². The first-order valence-electron chi connectivity index (χ1n) is 18.3. The quantitative estimate of drug-likeness (QED) is 0.174. The van der Waals surface area contributed by atoms with Crippen LogP contribution in [-0.4, -0.2) is 4.98 Å². The molecule has 0 aliphatic heterocycles. The van der Waals surface area contributed by atoms with Gasteiger partial charge in [-0.15, -0.1) is 0 Å². The molecule has 0 N–H and O–H groups in total. The van der Waals surface area contributed by atoms with E-state index in [1.54, 1.807) is 0 Å². The van der Waals surface area contributed by atoms with Crippen molar-refractivity contribution in [3.05, 3.63) is 205 Å². The SMILES string of the molecule is c1ccc(-c2nc3cc4oc5cccc(N(c6ccc7c(c6)C(c6ccccc6)c6ccccc6-7)c6ccccc6-c6ccccc6)c5c4cc3o2)cc1. The lowest BCUT2D eigenvalue weighted by Gasteiger charge is -2.29. The van der Waals surface area contributed by atoms with Crippen LogP contribution in [0.15, 0.2) is 197 Å². The number of aromatic nitrogens is 1. The number of anilines is 3. The van der Waals surface area contributed by atoms with Crippen molar-refractivity contribution in [3.8, 4) is 33.7 Å². The normalized spacial score (nSPS) is 13.4. The Kier molecular flexibility index (Phi) is 6.89. The highest BCUT2D eigenvalue weighted by atomic mass is 16.4. The summed E-state index contributed by atoms with van der Waals surface area (Å²) in [6.45, 7) is 0. The van der Waals surface area contributed by atoms with Crippen molar-refractivity contribution in [1.29, 1.82) is 0 Å². The Hall–Kier alpha value is -7.17. The van der Waals surface area contributed by atoms with E-state index in [9.17, 15) is 0 Å². The molecule has 4 heteroatoms. The van der Waals surface area contributed by atoms with Crippen molar-refractivity contribution in [1.82, 2.24) is 4.98 Å². The molecule has 1 unspecified atom stereocenters. The van der Waals surface area contributed by atoms with Crippen LogP contribution in [0.2, 0.25) is 0 Å². The second-order valence-electron chi connectivity index (χ2n) is 13.9. The number of hydrogen-bond acceptors (Lipinski definition) is 4. The fraction of sp³-hybridized carbons (Fsp3) is 0.0200. The van der Waals surface area contributed by atoms with E-state index in [0.29, 0.717) is 5.89 Å². The number of rotatable bonds is 6. The molecule has 10 aromatic rings. The minimum Gasteiger partial charge on any atom is -0.456 e. The molecule has 2 heterocycles. The molecule has 4 nitrogen and oxygen atoms in total. The number of benzene rings is 8. The Bertz CT molecular complexity index is 3000. The molecule has 1 aliphatic carbocycles. The summed E-state index contributed by atoms with van der Waals surface area (Å²) in [4.78, 5) is 7.25. The fourth-order valence-electron chi connectivity index (χ4n) is 8.40. The first kappa shape index (κ1) is 30.5. The molecule has 0 bridgehead atoms. The molecule has 8 aromatic carbocycles. The van der Waals surface area contributed by atoms with Gasteiger partial charge in [-0.1, -0.05) is 133 Å². The van der Waals surface area contributed by atoms with Crippen molar-refractivity contribution in [2.24, 2.45) is 0 Å². The van der Waals surface area contributed by atoms with Gasteiger partial charge in [0.05, 0.1) is 16.8 Å². The summed E-state index contributed by atoms with van der Waals surface area (Å²) in [6.07, 6.45) is 0. The van der Waals surface area contributed by atoms with Gasteiger partial charge >= 0.3 is 0 Å². The lowest BCUT2D eigenvalue weighted by atomic mass is 9.89. The Morgan fingerprint density at radius 1 is 0.444 bits per heavy atom. The van der Waals surface area contributed by atoms with Gasteiger partial charge in [0.2, 0.25) is 5.89 Å². The highest BCUT2D eigenvalue weighted by Crippen LogP contribution is 2.52. The Morgan fingerprint density at radius 3 is 1.93 bits per heavy atom. The first-order chi connectivity index (χ1) is 26.8. The minimum atomic E-state index is 0.118. The van der Waals surface area contributed by atoms with Crippen LogP contribution in [0.4, 0.5) is 17.1 Å². The maximum absolute atomic E-state index is 6.64. The number of oxazole rings is 1. The third-order valence-corrected chi connectivity index (χ3v) is 10.8. The van der Waals surface area contributed by atoms with Crippen LogP contribution in [0.3, 0.4) is 0 Å². The minimum absolute atomic E-state index is 0.118. The van der Waals surface area contributed by atoms with E-state index in [1.807, 2.05) is 36.4 Å². The summed E-state index contributed by atoms with van der Waals surface area (Å²) in [5, 5.41) is 1.99. The van der Waals surface area contributed by atoms with E-state index in [-0.39, 0.29) is 5.92 Å². The van der Waals surface area contributed by atoms with E-state index in [4.69, 9.17) is 13.8 Å². The van der Waals surface area contributed by atoms with Gasteiger partial charge < -0.3 is 13.7 Å². The molecular formula is C50H32N2O2. The molecule has 54 heavy (non-hydrogen) atoms. The van der Waals surface area contributed by atoms with Crippen molar-refractivity contribution >= 4 is 50.1 Å². The average Bonchev–Trinajstić information content (AvgIpc) is 3.92. The molecule has 2 aromatic heterocycles. The van der Waals surface area contributed by atoms with Crippen LogP contribution in [0.5, 0.6) is 0 Å². The molecule has 0 spiro atoms. The fourth-order valence-corrected chi connectivity index (χ4v) is 8.40. The molecule has 0 radical (unpaired) electrons. The Labute approximate surface area is 312 Å². The Morgan fingerprint density at radius 2 is 1.11 bits per heavy atom. The topological polar surface area (TPSA) is 42.4 Å². The van der Waals surface area contributed by atoms with Crippen molar-refractivity contribution < 1.29 is 8.83 Å². The maximum atomic E-state index is 6.64. The van der Waals surface area contributed by atoms with E-state index < -0.39 is 0 Å². The lowest BCUT2D eigenvalue weighted by Crippen LogP contribution is -2.12. The molecular weight excluding hydrogens is 661 g/mol. The van der Waals surface area contributed by atoms with Crippen molar-refractivity contribution in [3.63, 3.8) is 0 Å². The molecule has 1 aliphatic rings. The first-order valence-corrected chi connectivity index (χ1v) is 18.3. The number of fused-ring (bicyclic) bond motifs is 7. The number of nitrogens with zero attached hydrogens (tertiary/aromatic N) is 2. The van der Waals surface area contributed by atoms with Gasteiger partial charge in [-0.05, 0) is 81.9 Å². The molecule has 254 valence electrons. The predicted octanol–water partition coefficient (Wildman–Crippen LogP) is 13.7. The number of para-hydroxylation sites is 1. The number of furan rings is 1. The van der Waals surface area contributed by atoms with Crippen LogP contribution in [0.25, 0.3) is 66.7 Å². The zero-order valence-corrected chi connectivity index (χ0v) is 29.2. The molecule has 1 atom stereocenters. The largest absolute Gasteiger partial charge is 0.456 e. The summed E-state index contributed by atoms with van der Waals surface area (Å²) in [6, 6.07) is 66.4. The monoisotopic (exact) mass is 692 g/mol. The smallest absolute Gasteiger partial charge is 0.227 e. The Balaban J connectivity index is 1.17. The van der Waals surface area contributed by atoms with E-state index in [0.717, 1.165) is 66.8 Å². The second-order valence-corrected chi connectivity index (χ2v) is 13.9. The van der Waals surface area contributed by atoms with E-state index in [2.05, 4.69) is 157 Å². The highest BCUT2D eigenvalue weighted by molar-refractivity contribution is 6.16. The van der Waals surface area contributed by atoms with Crippen molar-refractivity contribution in [2.45, 2.75) is 5.92 Å². The number of hydrogen-bond donors (Lipinski definition) is 0. The lowest BCUT2D eigenvalue weighted by molar-refractivity contribution is 0.620. The van der Waals surface area contributed by atoms with Gasteiger partial charge in [-0.25, -0.2) is 4.98 Å². The van der Waals surface area contributed by atoms with Crippen LogP contribution < -0.4 is 4.90 Å². The molecule has 0 saturated heterocycles. The summed E-state index contributed by atoms with van der Waals surface area (Å²) >= 11 is 0. The average molecular weight is 693 g/mol. The molecule has 0 amide bonds. The third kappa shape index (κ3) is 4.81. The third-order valence-electron chi connectivity index (χ3n) is 10.8. The molecule has 0 fully saturated rings. The maximum Gasteiger partial charge on any atom is 0.227 e. The summed E-state index contributed by atoms with van der Waals surface area (Å²) in [5.41, 5.74) is 15.9. The summed E-state index contributed by atoms with van der Waals surface area (Å²) < 4.78 is 13.0. The van der Waals surface area contributed by atoms with Crippen LogP contribution in [-0.2, 0) is 0 Å². The van der Waals surface area contributed by atoms with E-state index in [1.165, 1.54) is 27.8 Å². The van der Waals surface area contributed by atoms with Gasteiger partial charge in [0.1, 0.15) is 16.7 Å². The standard InChI is InChI=1S/C50H32N2O2/c1-4-15-32(16-5-1)36-21-12-13-24-43(36)52(35-27-28-38-37-22-10-11-23-39(37)48(40(38)29-35)33-17-6-2-7-18-33)44-25-14-26-45-49(44)41-30-47-42(31-46(41)53-45)51-50(54-47)34-19-8-3-9-20-34/h1-31,48H. The van der Waals surface area contributed by atoms with Crippen LogP contribution in [0, 0.1) is 0 Å². The zero-order chi connectivity index (χ0) is 35.6. The van der Waals surface area contributed by atoms with Gasteiger partial charge in [-0.3, -0.25) is 0 Å². The highest BCUT2D eigenvalue weighted by Gasteiger charge is 2.31.